The van der Waals surface area contributed by atoms with Crippen molar-refractivity contribution < 1.29 is 36.2 Å². The van der Waals surface area contributed by atoms with Crippen molar-refractivity contribution in [2.24, 2.45) is 21.7 Å². The van der Waals surface area contributed by atoms with Crippen molar-refractivity contribution in [1.29, 1.82) is 0 Å². The maximum absolute atomic E-state index is 14.6. The molecule has 89 heavy (non-hydrogen) atoms. The molecular weight excluding hydrogens is 1150 g/mol. The van der Waals surface area contributed by atoms with Crippen LogP contribution in [0.25, 0.3) is 90.9 Å². The summed E-state index contributed by atoms with van der Waals surface area (Å²) in [4.78, 5) is 80.9. The van der Waals surface area contributed by atoms with E-state index in [-0.39, 0.29) is 40.7 Å². The summed E-state index contributed by atoms with van der Waals surface area (Å²) in [6, 6.07) is 39.8. The molecule has 1 radical (unpaired) electrons. The van der Waals surface area contributed by atoms with E-state index in [1.165, 1.54) is 0 Å². The summed E-state index contributed by atoms with van der Waals surface area (Å²) in [5.41, 5.74) is 11.3. The average molecular weight is 1230 g/mol. The van der Waals surface area contributed by atoms with E-state index in [1.807, 2.05) is 146 Å². The number of amides is 4. The SMILES string of the molecule is CC1(C(=O)Nc2ccccc2-c2c3nc(c(-c4ccccc4NC(=O)C4(C)CCCCC4)c4ccc([n-]4)c(-c4ccccc4NC(=O)C4(C)CCCCC4)c4nc(c(-c5ccccc5NC(=O)C5(C)CCCCC5)c5ccc2[n-]5)C=C4)C=C3)CCCCC1.[Cu+2]. The maximum atomic E-state index is 14.6. The summed E-state index contributed by atoms with van der Waals surface area (Å²) < 4.78 is 0. The summed E-state index contributed by atoms with van der Waals surface area (Å²) in [6.45, 7) is 8.34. The fourth-order valence-corrected chi connectivity index (χ4v) is 14.8. The Morgan fingerprint density at radius 3 is 0.730 bits per heavy atom. The van der Waals surface area contributed by atoms with Gasteiger partial charge in [-0.2, -0.15) is 0 Å². The Morgan fingerprint density at radius 2 is 0.517 bits per heavy atom. The molecule has 0 saturated heterocycles. The first-order valence-corrected chi connectivity index (χ1v) is 32.4. The molecular formula is C76H80CuN8O4. The van der Waals surface area contributed by atoms with E-state index in [1.54, 1.807) is 0 Å². The van der Waals surface area contributed by atoms with Crippen molar-refractivity contribution in [3.05, 3.63) is 144 Å². The van der Waals surface area contributed by atoms with Gasteiger partial charge in [0.05, 0.1) is 22.8 Å². The molecule has 4 amide bonds. The summed E-state index contributed by atoms with van der Waals surface area (Å²) >= 11 is 0. The van der Waals surface area contributed by atoms with Gasteiger partial charge in [0.1, 0.15) is 0 Å². The Kier molecular flexibility index (Phi) is 17.4. The van der Waals surface area contributed by atoms with E-state index < -0.39 is 21.7 Å². The summed E-state index contributed by atoms with van der Waals surface area (Å²) in [5.74, 6) is -0.0395. The molecule has 0 spiro atoms. The molecule has 0 unspecified atom stereocenters. The first kappa shape index (κ1) is 61.1. The van der Waals surface area contributed by atoms with Gasteiger partial charge in [0.25, 0.3) is 0 Å². The monoisotopic (exact) mass is 1230 g/mol. The zero-order valence-corrected chi connectivity index (χ0v) is 52.7. The van der Waals surface area contributed by atoms with Crippen LogP contribution in [0.4, 0.5) is 22.7 Å². The Hall–Kier alpha value is -8.12. The molecule has 2 aliphatic heterocycles. The Labute approximate surface area is 533 Å². The van der Waals surface area contributed by atoms with Crippen molar-refractivity contribution in [2.75, 3.05) is 21.3 Å². The number of aromatic nitrogens is 4. The Bertz CT molecular complexity index is 3610. The molecule has 7 aromatic rings. The fraction of sp³-hybridized carbons (Fsp3) is 0.368. The van der Waals surface area contributed by atoms with Crippen LogP contribution in [-0.2, 0) is 36.2 Å². The normalized spacial score (nSPS) is 18.0. The zero-order valence-electron chi connectivity index (χ0n) is 51.7. The molecule has 13 heteroatoms. The second-order valence-electron chi connectivity index (χ2n) is 26.8. The summed E-state index contributed by atoms with van der Waals surface area (Å²) in [5, 5.41) is 13.7. The van der Waals surface area contributed by atoms with Crippen LogP contribution in [0, 0.1) is 21.7 Å². The van der Waals surface area contributed by atoms with Crippen LogP contribution < -0.4 is 31.2 Å². The third-order valence-corrected chi connectivity index (χ3v) is 20.4. The molecule has 4 N–H and O–H groups in total. The summed E-state index contributed by atoms with van der Waals surface area (Å²) in [6.07, 6.45) is 27.1. The molecule has 4 saturated carbocycles. The number of nitrogens with zero attached hydrogens (tertiary/aromatic N) is 4. The maximum Gasteiger partial charge on any atom is 2.00 e. The molecule has 0 atom stereocenters. The smallest absolute Gasteiger partial charge is 0.657 e. The van der Waals surface area contributed by atoms with E-state index in [2.05, 4.69) is 49.0 Å². The molecule has 5 heterocycles. The average Bonchev–Trinajstić information content (AvgIpc) is 1.93. The van der Waals surface area contributed by atoms with Crippen LogP contribution in [0.15, 0.2) is 121 Å². The van der Waals surface area contributed by atoms with Crippen molar-refractivity contribution in [3.63, 3.8) is 0 Å². The fourth-order valence-electron chi connectivity index (χ4n) is 14.8. The van der Waals surface area contributed by atoms with Gasteiger partial charge in [0.2, 0.25) is 23.6 Å². The number of carbonyl (C=O) groups is 4. The molecule has 4 aromatic carbocycles. The Morgan fingerprint density at radius 1 is 0.315 bits per heavy atom. The van der Waals surface area contributed by atoms with Crippen LogP contribution in [0.3, 0.4) is 0 Å². The largest absolute Gasteiger partial charge is 2.00 e. The van der Waals surface area contributed by atoms with Crippen molar-refractivity contribution in [1.82, 2.24) is 19.9 Å². The van der Waals surface area contributed by atoms with Gasteiger partial charge in [0, 0.05) is 66.7 Å². The van der Waals surface area contributed by atoms with Gasteiger partial charge in [-0.15, -0.1) is 22.1 Å². The van der Waals surface area contributed by atoms with Gasteiger partial charge in [-0.3, -0.25) is 19.2 Å². The van der Waals surface area contributed by atoms with Gasteiger partial charge in [-0.25, -0.2) is 9.97 Å². The van der Waals surface area contributed by atoms with Gasteiger partial charge in [0.15, 0.2) is 0 Å². The molecule has 459 valence electrons. The summed E-state index contributed by atoms with van der Waals surface area (Å²) in [7, 11) is 0. The zero-order chi connectivity index (χ0) is 60.6. The predicted octanol–water partition coefficient (Wildman–Crippen LogP) is 18.2. The van der Waals surface area contributed by atoms with Crippen LogP contribution in [0.5, 0.6) is 0 Å². The van der Waals surface area contributed by atoms with Gasteiger partial charge < -0.3 is 31.2 Å². The molecule has 8 bridgehead atoms. The number of carbonyl (C=O) groups excluding carboxylic acids is 4. The molecule has 3 aromatic heterocycles. The number of fused-ring (bicyclic) bond motifs is 8. The number of hydrogen-bond donors (Lipinski definition) is 4. The minimum Gasteiger partial charge on any atom is -0.657 e. The third kappa shape index (κ3) is 12.1. The topological polar surface area (TPSA) is 170 Å². The van der Waals surface area contributed by atoms with Gasteiger partial charge >= 0.3 is 17.1 Å². The molecule has 13 rings (SSSR count). The van der Waals surface area contributed by atoms with Crippen molar-refractivity contribution >= 4 is 92.7 Å². The van der Waals surface area contributed by atoms with Crippen molar-refractivity contribution in [2.45, 2.75) is 156 Å². The Balaban J connectivity index is 0.00000769. The third-order valence-electron chi connectivity index (χ3n) is 20.4. The number of rotatable bonds is 12. The first-order valence-electron chi connectivity index (χ1n) is 32.4. The minimum absolute atomic E-state index is 0. The number of anilines is 4. The van der Waals surface area contributed by atoms with E-state index >= 15 is 0 Å². The van der Waals surface area contributed by atoms with E-state index in [0.717, 1.165) is 151 Å². The van der Waals surface area contributed by atoms with Crippen LogP contribution in [0.1, 0.15) is 179 Å². The van der Waals surface area contributed by atoms with E-state index in [0.29, 0.717) is 89.8 Å². The number of benzene rings is 4. The van der Waals surface area contributed by atoms with E-state index in [9.17, 15) is 19.2 Å². The van der Waals surface area contributed by atoms with Crippen LogP contribution >= 0.6 is 0 Å². The second-order valence-corrected chi connectivity index (χ2v) is 26.8. The van der Waals surface area contributed by atoms with Gasteiger partial charge in [-0.1, -0.05) is 202 Å². The van der Waals surface area contributed by atoms with Gasteiger partial charge in [-0.05, 0) is 122 Å². The molecule has 12 nitrogen and oxygen atoms in total. The standard InChI is InChI=1S/C76H82N8O4.Cu/c1-73(41-17-5-18-42-73)69(85)81-53-29-13-9-25-49(53)65-57-33-35-59(77-57)66(50-26-10-14-30-54(50)82-70(86)74(2)43-19-6-20-44-74)61-37-39-63(79-61)68(52-28-12-16-32-56(52)84-72(88)76(4)47-23-8-24-48-76)64-40-38-62(80-64)67(60-36-34-58(65)78-60)51-27-11-15-31-55(51)83-71(87)75(3)45-21-7-22-46-75;/h9-16,25-40H,5-8,17-24,41-48H2,1-4H3,(H6,77,78,79,80,81,82,83,84,85,86,87,88);/q;+2/p-2. The first-order chi connectivity index (χ1) is 42.7. The minimum atomic E-state index is -0.520. The predicted molar refractivity (Wildman–Crippen MR) is 358 cm³/mol. The number of hydrogen-bond acceptors (Lipinski definition) is 6. The molecule has 6 aliphatic rings. The quantitative estimate of drug-likeness (QED) is 0.0876. The number of nitrogens with one attached hydrogen (secondary N) is 4. The number of para-hydroxylation sites is 4. The van der Waals surface area contributed by atoms with Crippen molar-refractivity contribution in [3.8, 4) is 44.5 Å². The molecule has 4 fully saturated rings. The van der Waals surface area contributed by atoms with E-state index in [4.69, 9.17) is 19.9 Å². The molecule has 4 aliphatic carbocycles. The second kappa shape index (κ2) is 25.4. The van der Waals surface area contributed by atoms with Crippen LogP contribution in [-0.4, -0.2) is 33.6 Å². The van der Waals surface area contributed by atoms with Crippen LogP contribution in [0.2, 0.25) is 0 Å².